The van der Waals surface area contributed by atoms with Crippen LogP contribution in [0.15, 0.2) is 42.5 Å². The van der Waals surface area contributed by atoms with Crippen molar-refractivity contribution >= 4 is 21.8 Å². The third-order valence-corrected chi connectivity index (χ3v) is 5.30. The summed E-state index contributed by atoms with van der Waals surface area (Å²) in [7, 11) is -3.96. The normalized spacial score (nSPS) is 14.0. The molecule has 0 atom stereocenters. The molecule has 26 heavy (non-hydrogen) atoms. The third kappa shape index (κ3) is 3.49. The van der Waals surface area contributed by atoms with Crippen molar-refractivity contribution in [3.8, 4) is 0 Å². The number of carbonyl (C=O) groups excluding carboxylic acids is 2. The van der Waals surface area contributed by atoms with E-state index in [1.807, 2.05) is 0 Å². The molecule has 0 bridgehead atoms. The van der Waals surface area contributed by atoms with Gasteiger partial charge in [0.15, 0.2) is 0 Å². The maximum Gasteiger partial charge on any atom is 0.261 e. The highest BCUT2D eigenvalue weighted by atomic mass is 32.2. The zero-order valence-electron chi connectivity index (χ0n) is 13.4. The van der Waals surface area contributed by atoms with Crippen LogP contribution in [0.5, 0.6) is 0 Å². The highest BCUT2D eigenvalue weighted by Crippen LogP contribution is 2.22. The van der Waals surface area contributed by atoms with Crippen LogP contribution < -0.4 is 4.72 Å². The van der Waals surface area contributed by atoms with Gasteiger partial charge >= 0.3 is 0 Å². The number of hydrogen-bond donors (Lipinski definition) is 1. The summed E-state index contributed by atoms with van der Waals surface area (Å²) in [6.07, 6.45) is 0. The minimum atomic E-state index is -3.96. The van der Waals surface area contributed by atoms with E-state index in [0.29, 0.717) is 0 Å². The molecule has 0 unspecified atom stereocenters. The van der Waals surface area contributed by atoms with Gasteiger partial charge in [0.2, 0.25) is 10.0 Å². The fourth-order valence-corrected chi connectivity index (χ4v) is 3.54. The first-order chi connectivity index (χ1) is 12.3. The molecule has 0 saturated carbocycles. The Bertz CT molecular complexity index is 937. The smallest absolute Gasteiger partial charge is 0.261 e. The molecular formula is C17H14F2N2O4S. The minimum Gasteiger partial charge on any atom is -0.273 e. The molecule has 1 N–H and O–H groups in total. The molecule has 0 aliphatic carbocycles. The Balaban J connectivity index is 1.64. The van der Waals surface area contributed by atoms with Gasteiger partial charge in [-0.05, 0) is 24.3 Å². The second-order valence-corrected chi connectivity index (χ2v) is 7.57. The molecule has 0 fully saturated rings. The summed E-state index contributed by atoms with van der Waals surface area (Å²) in [5, 5.41) is 0. The summed E-state index contributed by atoms with van der Waals surface area (Å²) >= 11 is 0. The van der Waals surface area contributed by atoms with E-state index in [0.717, 1.165) is 17.0 Å². The average molecular weight is 380 g/mol. The molecule has 136 valence electrons. The van der Waals surface area contributed by atoms with Gasteiger partial charge in [-0.2, -0.15) is 0 Å². The second-order valence-electron chi connectivity index (χ2n) is 5.65. The highest BCUT2D eigenvalue weighted by Gasteiger charge is 2.35. The van der Waals surface area contributed by atoms with Crippen LogP contribution in [0, 0.1) is 11.6 Å². The number of rotatable bonds is 6. The number of nitrogens with zero attached hydrogens (tertiary/aromatic N) is 1. The van der Waals surface area contributed by atoms with Gasteiger partial charge in [-0.15, -0.1) is 0 Å². The molecule has 0 aromatic heterocycles. The van der Waals surface area contributed by atoms with Gasteiger partial charge in [-0.25, -0.2) is 21.9 Å². The standard InChI is InChI=1S/C17H14F2N2O4S/c18-14-6-3-7-15(19)13(14)10-20-26(24,25)9-8-21-16(22)11-4-1-2-5-12(11)17(21)23/h1-7,20H,8-10H2. The number of nitrogens with one attached hydrogen (secondary N) is 1. The summed E-state index contributed by atoms with van der Waals surface area (Å²) in [5.41, 5.74) is 0.0318. The Labute approximate surface area is 148 Å². The van der Waals surface area contributed by atoms with Gasteiger partial charge in [-0.1, -0.05) is 18.2 Å². The first kappa shape index (κ1) is 18.2. The van der Waals surface area contributed by atoms with Gasteiger partial charge in [0.05, 0.1) is 16.9 Å². The number of benzene rings is 2. The van der Waals surface area contributed by atoms with Crippen LogP contribution in [0.3, 0.4) is 0 Å². The molecule has 1 aliphatic heterocycles. The van der Waals surface area contributed by atoms with Crippen molar-refractivity contribution in [2.24, 2.45) is 0 Å². The van der Waals surface area contributed by atoms with Crippen LogP contribution in [0.2, 0.25) is 0 Å². The average Bonchev–Trinajstić information content (AvgIpc) is 2.84. The summed E-state index contributed by atoms with van der Waals surface area (Å²) in [6.45, 7) is -0.926. The van der Waals surface area contributed by atoms with E-state index in [-0.39, 0.29) is 17.7 Å². The lowest BCUT2D eigenvalue weighted by Gasteiger charge is -2.14. The predicted molar refractivity (Wildman–Crippen MR) is 88.8 cm³/mol. The van der Waals surface area contributed by atoms with Crippen molar-refractivity contribution in [3.63, 3.8) is 0 Å². The first-order valence-corrected chi connectivity index (χ1v) is 9.31. The quantitative estimate of drug-likeness (QED) is 0.773. The molecule has 6 nitrogen and oxygen atoms in total. The lowest BCUT2D eigenvalue weighted by Crippen LogP contribution is -2.37. The second kappa shape index (κ2) is 6.93. The molecule has 1 heterocycles. The topological polar surface area (TPSA) is 83.6 Å². The van der Waals surface area contributed by atoms with Gasteiger partial charge in [0.1, 0.15) is 11.6 Å². The zero-order chi connectivity index (χ0) is 18.9. The third-order valence-electron chi connectivity index (χ3n) is 3.99. The SMILES string of the molecule is O=C1c2ccccc2C(=O)N1CCS(=O)(=O)NCc1c(F)cccc1F. The van der Waals surface area contributed by atoms with Crippen molar-refractivity contribution < 1.29 is 26.8 Å². The van der Waals surface area contributed by atoms with E-state index >= 15 is 0 Å². The molecule has 2 aromatic carbocycles. The Morgan fingerprint density at radius 2 is 1.42 bits per heavy atom. The van der Waals surface area contributed by atoms with Gasteiger partial charge in [-0.3, -0.25) is 14.5 Å². The maximum atomic E-state index is 13.5. The largest absolute Gasteiger partial charge is 0.273 e. The highest BCUT2D eigenvalue weighted by molar-refractivity contribution is 7.89. The number of imide groups is 1. The van der Waals surface area contributed by atoms with Gasteiger partial charge in [0, 0.05) is 18.7 Å². The van der Waals surface area contributed by atoms with E-state index in [1.165, 1.54) is 18.2 Å². The lowest BCUT2D eigenvalue weighted by molar-refractivity contribution is 0.0664. The fourth-order valence-electron chi connectivity index (χ4n) is 2.61. The Morgan fingerprint density at radius 1 is 0.885 bits per heavy atom. The molecule has 2 aromatic rings. The summed E-state index contributed by atoms with van der Waals surface area (Å²) in [5.74, 6) is -3.45. The van der Waals surface area contributed by atoms with Crippen LogP contribution in [-0.2, 0) is 16.6 Å². The zero-order valence-corrected chi connectivity index (χ0v) is 14.2. The van der Waals surface area contributed by atoms with Crippen molar-refractivity contribution in [3.05, 3.63) is 70.8 Å². The summed E-state index contributed by atoms with van der Waals surface area (Å²) in [6, 6.07) is 9.40. The number of amides is 2. The fraction of sp³-hybridized carbons (Fsp3) is 0.176. The van der Waals surface area contributed by atoms with Gasteiger partial charge < -0.3 is 0 Å². The molecule has 0 saturated heterocycles. The van der Waals surface area contributed by atoms with Crippen LogP contribution in [0.1, 0.15) is 26.3 Å². The molecule has 3 rings (SSSR count). The van der Waals surface area contributed by atoms with Gasteiger partial charge in [0.25, 0.3) is 11.8 Å². The van der Waals surface area contributed by atoms with Crippen LogP contribution >= 0.6 is 0 Å². The monoisotopic (exact) mass is 380 g/mol. The van der Waals surface area contributed by atoms with Crippen LogP contribution in [0.25, 0.3) is 0 Å². The Kier molecular flexibility index (Phi) is 4.84. The van der Waals surface area contributed by atoms with E-state index in [4.69, 9.17) is 0 Å². The van der Waals surface area contributed by atoms with Crippen LogP contribution in [-0.4, -0.2) is 37.4 Å². The van der Waals surface area contributed by atoms with E-state index in [9.17, 15) is 26.8 Å². The summed E-state index contributed by atoms with van der Waals surface area (Å²) in [4.78, 5) is 25.2. The number of fused-ring (bicyclic) bond motifs is 1. The van der Waals surface area contributed by atoms with E-state index < -0.39 is 51.3 Å². The minimum absolute atomic E-state index is 0.219. The molecule has 1 aliphatic rings. The molecule has 9 heteroatoms. The molecule has 0 spiro atoms. The Morgan fingerprint density at radius 3 is 1.96 bits per heavy atom. The Hall–Kier alpha value is -2.65. The van der Waals surface area contributed by atoms with Crippen molar-refractivity contribution in [1.29, 1.82) is 0 Å². The maximum absolute atomic E-state index is 13.5. The number of carbonyl (C=O) groups is 2. The van der Waals surface area contributed by atoms with Crippen LogP contribution in [0.4, 0.5) is 8.78 Å². The van der Waals surface area contributed by atoms with E-state index in [2.05, 4.69) is 4.72 Å². The van der Waals surface area contributed by atoms with Crippen molar-refractivity contribution in [2.45, 2.75) is 6.54 Å². The first-order valence-electron chi connectivity index (χ1n) is 7.65. The predicted octanol–water partition coefficient (Wildman–Crippen LogP) is 1.68. The lowest BCUT2D eigenvalue weighted by atomic mass is 10.1. The molecule has 2 amide bonds. The molecule has 0 radical (unpaired) electrons. The van der Waals surface area contributed by atoms with E-state index in [1.54, 1.807) is 12.1 Å². The molecular weight excluding hydrogens is 366 g/mol. The number of hydrogen-bond acceptors (Lipinski definition) is 4. The number of halogens is 2. The summed E-state index contributed by atoms with van der Waals surface area (Å²) < 4.78 is 53.3. The number of sulfonamides is 1. The van der Waals surface area contributed by atoms with Crippen molar-refractivity contribution in [1.82, 2.24) is 9.62 Å². The van der Waals surface area contributed by atoms with Crippen molar-refractivity contribution in [2.75, 3.05) is 12.3 Å².